The second-order valence-electron chi connectivity index (χ2n) is 9.15. The van der Waals surface area contributed by atoms with Crippen molar-refractivity contribution in [2.75, 3.05) is 26.2 Å². The second kappa shape index (κ2) is 9.16. The van der Waals surface area contributed by atoms with Gasteiger partial charge in [0.2, 0.25) is 11.8 Å². The van der Waals surface area contributed by atoms with E-state index in [0.717, 1.165) is 45.3 Å². The lowest BCUT2D eigenvalue weighted by atomic mass is 9.82. The van der Waals surface area contributed by atoms with E-state index in [-0.39, 0.29) is 34.7 Å². The van der Waals surface area contributed by atoms with Crippen molar-refractivity contribution in [3.63, 3.8) is 0 Å². The van der Waals surface area contributed by atoms with Crippen molar-refractivity contribution in [2.24, 2.45) is 11.3 Å². The third-order valence-electron chi connectivity index (χ3n) is 6.05. The number of rotatable bonds is 7. The van der Waals surface area contributed by atoms with Gasteiger partial charge in [0.25, 0.3) is 0 Å². The average Bonchev–Trinajstić information content (AvgIpc) is 2.66. The monoisotopic (exact) mass is 402 g/mol. The van der Waals surface area contributed by atoms with Crippen molar-refractivity contribution in [1.29, 1.82) is 0 Å². The van der Waals surface area contributed by atoms with Crippen LogP contribution in [0.1, 0.15) is 62.7 Å². The van der Waals surface area contributed by atoms with Crippen LogP contribution in [0.25, 0.3) is 0 Å². The van der Waals surface area contributed by atoms with Gasteiger partial charge in [0.05, 0.1) is 0 Å². The van der Waals surface area contributed by atoms with Gasteiger partial charge in [0, 0.05) is 30.9 Å². The first-order chi connectivity index (χ1) is 13.7. The molecule has 2 fully saturated rings. The van der Waals surface area contributed by atoms with Crippen LogP contribution in [0.15, 0.2) is 24.3 Å². The predicted octanol–water partition coefficient (Wildman–Crippen LogP) is 3.68. The minimum atomic E-state index is -0.326. The van der Waals surface area contributed by atoms with Gasteiger partial charge in [0.15, 0.2) is 5.78 Å². The van der Waals surface area contributed by atoms with E-state index < -0.39 is 0 Å². The van der Waals surface area contributed by atoms with Gasteiger partial charge >= 0.3 is 0 Å². The lowest BCUT2D eigenvalue weighted by molar-refractivity contribution is -0.152. The van der Waals surface area contributed by atoms with E-state index >= 15 is 0 Å². The maximum absolute atomic E-state index is 13.0. The third kappa shape index (κ3) is 5.72. The summed E-state index contributed by atoms with van der Waals surface area (Å²) in [6.45, 7) is 7.09. The number of hydrogen-bond donors (Lipinski definition) is 0. The van der Waals surface area contributed by atoms with Gasteiger partial charge in [-0.05, 0) is 75.0 Å². The molecule has 3 rings (SSSR count). The SMILES string of the molecule is CC1(C)CC(=O)N(CCCCN2CCC(C(=O)c3ccc(F)cc3)CC2)C(=O)C1. The van der Waals surface area contributed by atoms with Gasteiger partial charge in [-0.15, -0.1) is 0 Å². The molecule has 5 nitrogen and oxygen atoms in total. The molecule has 0 N–H and O–H groups in total. The molecule has 0 aromatic heterocycles. The maximum Gasteiger partial charge on any atom is 0.229 e. The minimum Gasteiger partial charge on any atom is -0.303 e. The summed E-state index contributed by atoms with van der Waals surface area (Å²) in [5, 5.41) is 0. The van der Waals surface area contributed by atoms with E-state index in [1.54, 1.807) is 12.1 Å². The van der Waals surface area contributed by atoms with Crippen LogP contribution in [0, 0.1) is 17.2 Å². The summed E-state index contributed by atoms with van der Waals surface area (Å²) in [4.78, 5) is 40.7. The number of carbonyl (C=O) groups is 3. The molecule has 158 valence electrons. The summed E-state index contributed by atoms with van der Waals surface area (Å²) < 4.78 is 13.0. The second-order valence-corrected chi connectivity index (χ2v) is 9.15. The Kier molecular flexibility index (Phi) is 6.83. The normalized spacial score (nSPS) is 20.9. The molecule has 2 aliphatic heterocycles. The predicted molar refractivity (Wildman–Crippen MR) is 109 cm³/mol. The quantitative estimate of drug-likeness (QED) is 0.397. The topological polar surface area (TPSA) is 57.7 Å². The number of benzene rings is 1. The molecule has 0 atom stereocenters. The van der Waals surface area contributed by atoms with Crippen molar-refractivity contribution in [3.05, 3.63) is 35.6 Å². The van der Waals surface area contributed by atoms with E-state index in [1.165, 1.54) is 17.0 Å². The summed E-state index contributed by atoms with van der Waals surface area (Å²) in [5.41, 5.74) is 0.365. The molecule has 0 radical (unpaired) electrons. The fraction of sp³-hybridized carbons (Fsp3) is 0.609. The van der Waals surface area contributed by atoms with E-state index in [9.17, 15) is 18.8 Å². The largest absolute Gasteiger partial charge is 0.303 e. The van der Waals surface area contributed by atoms with Crippen LogP contribution in [0.5, 0.6) is 0 Å². The number of ketones is 1. The number of nitrogens with zero attached hydrogens (tertiary/aromatic N) is 2. The number of halogens is 1. The molecule has 2 aliphatic rings. The Morgan fingerprint density at radius 1 is 1.00 bits per heavy atom. The molecular formula is C23H31FN2O3. The Hall–Kier alpha value is -2.08. The number of likely N-dealkylation sites (tertiary alicyclic amines) is 2. The number of amides is 2. The molecule has 0 spiro atoms. The highest BCUT2D eigenvalue weighted by molar-refractivity contribution is 5.98. The van der Waals surface area contributed by atoms with Crippen LogP contribution in [0.3, 0.4) is 0 Å². The smallest absolute Gasteiger partial charge is 0.229 e. The summed E-state index contributed by atoms with van der Waals surface area (Å²) in [6.07, 6.45) is 4.24. The van der Waals surface area contributed by atoms with Crippen LogP contribution in [-0.4, -0.2) is 53.6 Å². The molecule has 2 amide bonds. The summed E-state index contributed by atoms with van der Waals surface area (Å²) in [5.74, 6) is -0.316. The van der Waals surface area contributed by atoms with E-state index in [2.05, 4.69) is 4.90 Å². The first-order valence-electron chi connectivity index (χ1n) is 10.6. The van der Waals surface area contributed by atoms with Crippen molar-refractivity contribution >= 4 is 17.6 Å². The summed E-state index contributed by atoms with van der Waals surface area (Å²) in [7, 11) is 0. The molecule has 1 aromatic rings. The van der Waals surface area contributed by atoms with Crippen LogP contribution in [0.4, 0.5) is 4.39 Å². The van der Waals surface area contributed by atoms with Crippen LogP contribution in [0.2, 0.25) is 0 Å². The Balaban J connectivity index is 1.36. The van der Waals surface area contributed by atoms with Gasteiger partial charge in [-0.3, -0.25) is 19.3 Å². The van der Waals surface area contributed by atoms with Gasteiger partial charge < -0.3 is 4.90 Å². The lowest BCUT2D eigenvalue weighted by Crippen LogP contribution is -2.46. The van der Waals surface area contributed by atoms with Crippen molar-refractivity contribution in [1.82, 2.24) is 9.80 Å². The highest BCUT2D eigenvalue weighted by atomic mass is 19.1. The third-order valence-corrected chi connectivity index (χ3v) is 6.05. The van der Waals surface area contributed by atoms with Crippen LogP contribution in [-0.2, 0) is 9.59 Å². The first kappa shape index (κ1) is 21.6. The average molecular weight is 403 g/mol. The Labute approximate surface area is 172 Å². The van der Waals surface area contributed by atoms with Crippen LogP contribution >= 0.6 is 0 Å². The highest BCUT2D eigenvalue weighted by Gasteiger charge is 2.36. The van der Waals surface area contributed by atoms with Crippen molar-refractivity contribution in [2.45, 2.75) is 52.4 Å². The number of unbranched alkanes of at least 4 members (excludes halogenated alkanes) is 1. The Bertz CT molecular complexity index is 732. The Morgan fingerprint density at radius 2 is 1.55 bits per heavy atom. The number of piperidine rings is 2. The highest BCUT2D eigenvalue weighted by Crippen LogP contribution is 2.31. The van der Waals surface area contributed by atoms with Gasteiger partial charge in [-0.2, -0.15) is 0 Å². The molecule has 0 aliphatic carbocycles. The summed E-state index contributed by atoms with van der Waals surface area (Å²) in [6, 6.07) is 5.80. The molecule has 6 heteroatoms. The van der Waals surface area contributed by atoms with Gasteiger partial charge in [0.1, 0.15) is 5.82 Å². The Morgan fingerprint density at radius 3 is 2.14 bits per heavy atom. The fourth-order valence-electron chi connectivity index (χ4n) is 4.33. The molecule has 2 saturated heterocycles. The summed E-state index contributed by atoms with van der Waals surface area (Å²) >= 11 is 0. The number of Topliss-reactive ketones (excluding diaryl/α,β-unsaturated/α-hetero) is 1. The molecular weight excluding hydrogens is 371 g/mol. The fourth-order valence-corrected chi connectivity index (χ4v) is 4.33. The zero-order chi connectivity index (χ0) is 21.0. The molecule has 29 heavy (non-hydrogen) atoms. The maximum atomic E-state index is 13.0. The first-order valence-corrected chi connectivity index (χ1v) is 10.6. The van der Waals surface area contributed by atoms with E-state index in [1.807, 2.05) is 13.8 Å². The zero-order valence-electron chi connectivity index (χ0n) is 17.5. The molecule has 0 unspecified atom stereocenters. The number of hydrogen-bond acceptors (Lipinski definition) is 4. The molecule has 0 saturated carbocycles. The van der Waals surface area contributed by atoms with Gasteiger partial charge in [-0.25, -0.2) is 4.39 Å². The zero-order valence-corrected chi connectivity index (χ0v) is 17.5. The molecule has 1 aromatic carbocycles. The van der Waals surface area contributed by atoms with Crippen molar-refractivity contribution in [3.8, 4) is 0 Å². The van der Waals surface area contributed by atoms with Crippen LogP contribution < -0.4 is 0 Å². The number of carbonyl (C=O) groups excluding carboxylic acids is 3. The van der Waals surface area contributed by atoms with Gasteiger partial charge in [-0.1, -0.05) is 13.8 Å². The van der Waals surface area contributed by atoms with E-state index in [4.69, 9.17) is 0 Å². The van der Waals surface area contributed by atoms with Crippen molar-refractivity contribution < 1.29 is 18.8 Å². The number of imide groups is 1. The lowest BCUT2D eigenvalue weighted by Gasteiger charge is -2.35. The van der Waals surface area contributed by atoms with E-state index in [0.29, 0.717) is 24.9 Å². The molecule has 2 heterocycles. The molecule has 0 bridgehead atoms. The standard InChI is InChI=1S/C23H31FN2O3/c1-23(2)15-20(27)26(21(28)16-23)12-4-3-11-25-13-9-18(10-14-25)22(29)17-5-7-19(24)8-6-17/h5-8,18H,3-4,9-16H2,1-2H3. The minimum absolute atomic E-state index is 0.00339.